The summed E-state index contributed by atoms with van der Waals surface area (Å²) < 4.78 is 0. The maximum atomic E-state index is 12.9. The first kappa shape index (κ1) is 15.2. The molecule has 0 aromatic heterocycles. The first-order chi connectivity index (χ1) is 12.1. The molecule has 3 heteroatoms. The van der Waals surface area contributed by atoms with E-state index < -0.39 is 0 Å². The molecule has 0 aliphatic carbocycles. The van der Waals surface area contributed by atoms with Crippen molar-refractivity contribution >= 4 is 33.1 Å². The van der Waals surface area contributed by atoms with E-state index in [1.165, 1.54) is 0 Å². The van der Waals surface area contributed by atoms with E-state index in [4.69, 9.17) is 0 Å². The fourth-order valence-electron chi connectivity index (χ4n) is 3.19. The van der Waals surface area contributed by atoms with Crippen LogP contribution in [0.2, 0.25) is 0 Å². The van der Waals surface area contributed by atoms with Crippen molar-refractivity contribution in [3.05, 3.63) is 83.9 Å². The van der Waals surface area contributed by atoms with Gasteiger partial charge in [-0.3, -0.25) is 4.79 Å². The molecule has 0 saturated carbocycles. The average molecular weight is 327 g/mol. The van der Waals surface area contributed by atoms with Crippen molar-refractivity contribution in [3.8, 4) is 5.75 Å². The number of amides is 1. The molecular formula is C22H17NO2. The lowest BCUT2D eigenvalue weighted by Gasteiger charge is -2.13. The van der Waals surface area contributed by atoms with Crippen LogP contribution in [-0.2, 0) is 0 Å². The summed E-state index contributed by atoms with van der Waals surface area (Å²) in [6.07, 6.45) is 0. The molecular weight excluding hydrogens is 310 g/mol. The number of hydrogen-bond acceptors (Lipinski definition) is 2. The fraction of sp³-hybridized carbons (Fsp3) is 0.0455. The van der Waals surface area contributed by atoms with Crippen LogP contribution in [-0.4, -0.2) is 11.0 Å². The number of carbonyl (C=O) groups excluding carboxylic acids is 1. The zero-order valence-electron chi connectivity index (χ0n) is 13.8. The predicted octanol–water partition coefficient (Wildman–Crippen LogP) is 5.26. The van der Waals surface area contributed by atoms with Gasteiger partial charge in [0, 0.05) is 11.3 Å². The largest absolute Gasteiger partial charge is 0.508 e. The van der Waals surface area contributed by atoms with Gasteiger partial charge in [-0.2, -0.15) is 0 Å². The lowest BCUT2D eigenvalue weighted by molar-refractivity contribution is 0.102. The standard InChI is InChI=1S/C22H17NO2/c1-14-20(24)13-17-11-15-7-5-6-8-16(15)12-19(17)21(14)22(25)23-18-9-3-2-4-10-18/h2-13,24H,1H3,(H,23,25). The predicted molar refractivity (Wildman–Crippen MR) is 102 cm³/mol. The number of anilines is 1. The second-order valence-electron chi connectivity index (χ2n) is 6.14. The third-order valence-corrected chi connectivity index (χ3v) is 4.50. The van der Waals surface area contributed by atoms with Gasteiger partial charge in [-0.05, 0) is 58.8 Å². The molecule has 0 heterocycles. The van der Waals surface area contributed by atoms with Crippen LogP contribution < -0.4 is 5.32 Å². The van der Waals surface area contributed by atoms with E-state index in [9.17, 15) is 9.90 Å². The van der Waals surface area contributed by atoms with Crippen LogP contribution in [0.25, 0.3) is 21.5 Å². The number of nitrogens with one attached hydrogen (secondary N) is 1. The van der Waals surface area contributed by atoms with Crippen LogP contribution >= 0.6 is 0 Å². The Balaban J connectivity index is 1.93. The zero-order valence-corrected chi connectivity index (χ0v) is 13.8. The molecule has 0 radical (unpaired) electrons. The molecule has 1 amide bonds. The van der Waals surface area contributed by atoms with Crippen molar-refractivity contribution in [2.45, 2.75) is 6.92 Å². The monoisotopic (exact) mass is 327 g/mol. The summed E-state index contributed by atoms with van der Waals surface area (Å²) in [7, 11) is 0. The maximum absolute atomic E-state index is 12.9. The van der Waals surface area contributed by atoms with Gasteiger partial charge in [0.25, 0.3) is 5.91 Å². The van der Waals surface area contributed by atoms with Crippen molar-refractivity contribution in [2.75, 3.05) is 5.32 Å². The summed E-state index contributed by atoms with van der Waals surface area (Å²) in [6, 6.07) is 23.1. The number of carbonyl (C=O) groups is 1. The highest BCUT2D eigenvalue weighted by atomic mass is 16.3. The Kier molecular flexibility index (Phi) is 3.62. The SMILES string of the molecule is Cc1c(O)cc2cc3ccccc3cc2c1C(=O)Nc1ccccc1. The first-order valence-electron chi connectivity index (χ1n) is 8.15. The molecule has 0 aliphatic heterocycles. The highest BCUT2D eigenvalue weighted by Gasteiger charge is 2.17. The summed E-state index contributed by atoms with van der Waals surface area (Å²) in [4.78, 5) is 12.9. The number of rotatable bonds is 2. The lowest BCUT2D eigenvalue weighted by atomic mass is 9.95. The Morgan fingerprint density at radius 2 is 1.48 bits per heavy atom. The van der Waals surface area contributed by atoms with Crippen LogP contribution in [0.1, 0.15) is 15.9 Å². The summed E-state index contributed by atoms with van der Waals surface area (Å²) >= 11 is 0. The van der Waals surface area contributed by atoms with E-state index in [1.54, 1.807) is 13.0 Å². The van der Waals surface area contributed by atoms with Gasteiger partial charge in [0.2, 0.25) is 0 Å². The van der Waals surface area contributed by atoms with E-state index >= 15 is 0 Å². The molecule has 0 fully saturated rings. The second-order valence-corrected chi connectivity index (χ2v) is 6.14. The summed E-state index contributed by atoms with van der Waals surface area (Å²) in [6.45, 7) is 1.77. The molecule has 122 valence electrons. The molecule has 4 rings (SSSR count). The minimum absolute atomic E-state index is 0.126. The molecule has 3 nitrogen and oxygen atoms in total. The smallest absolute Gasteiger partial charge is 0.256 e. The normalized spacial score (nSPS) is 10.9. The number of benzene rings is 4. The number of aromatic hydroxyl groups is 1. The number of para-hydroxylation sites is 1. The quantitative estimate of drug-likeness (QED) is 0.493. The van der Waals surface area contributed by atoms with Crippen LogP contribution in [0, 0.1) is 6.92 Å². The molecule has 0 bridgehead atoms. The van der Waals surface area contributed by atoms with Gasteiger partial charge in [-0.15, -0.1) is 0 Å². The van der Waals surface area contributed by atoms with Gasteiger partial charge in [0.15, 0.2) is 0 Å². The van der Waals surface area contributed by atoms with Crippen LogP contribution in [0.4, 0.5) is 5.69 Å². The Morgan fingerprint density at radius 1 is 0.840 bits per heavy atom. The van der Waals surface area contributed by atoms with Crippen LogP contribution in [0.5, 0.6) is 5.75 Å². The minimum Gasteiger partial charge on any atom is -0.508 e. The third kappa shape index (κ3) is 2.70. The maximum Gasteiger partial charge on any atom is 0.256 e. The van der Waals surface area contributed by atoms with Gasteiger partial charge >= 0.3 is 0 Å². The number of phenolic OH excluding ortho intramolecular Hbond substituents is 1. The van der Waals surface area contributed by atoms with E-state index in [1.807, 2.05) is 66.7 Å². The molecule has 0 aliphatic rings. The molecule has 2 N–H and O–H groups in total. The van der Waals surface area contributed by atoms with Gasteiger partial charge in [-0.25, -0.2) is 0 Å². The van der Waals surface area contributed by atoms with E-state index in [0.29, 0.717) is 11.1 Å². The summed E-state index contributed by atoms with van der Waals surface area (Å²) in [5.74, 6) is -0.0964. The molecule has 0 spiro atoms. The van der Waals surface area contributed by atoms with Crippen molar-refractivity contribution in [2.24, 2.45) is 0 Å². The van der Waals surface area contributed by atoms with Crippen molar-refractivity contribution in [3.63, 3.8) is 0 Å². The molecule has 0 unspecified atom stereocenters. The number of phenols is 1. The van der Waals surface area contributed by atoms with Crippen LogP contribution in [0.15, 0.2) is 72.8 Å². The highest BCUT2D eigenvalue weighted by molar-refractivity contribution is 6.16. The Morgan fingerprint density at radius 3 is 2.20 bits per heavy atom. The fourth-order valence-corrected chi connectivity index (χ4v) is 3.19. The van der Waals surface area contributed by atoms with Gasteiger partial charge in [0.1, 0.15) is 5.75 Å². The van der Waals surface area contributed by atoms with Gasteiger partial charge < -0.3 is 10.4 Å². The number of fused-ring (bicyclic) bond motifs is 2. The highest BCUT2D eigenvalue weighted by Crippen LogP contribution is 2.33. The van der Waals surface area contributed by atoms with E-state index in [0.717, 1.165) is 27.2 Å². The topological polar surface area (TPSA) is 49.3 Å². The minimum atomic E-state index is -0.222. The van der Waals surface area contributed by atoms with Crippen LogP contribution in [0.3, 0.4) is 0 Å². The average Bonchev–Trinajstić information content (AvgIpc) is 2.62. The summed E-state index contributed by atoms with van der Waals surface area (Å²) in [5.41, 5.74) is 1.81. The van der Waals surface area contributed by atoms with Crippen molar-refractivity contribution in [1.82, 2.24) is 0 Å². The first-order valence-corrected chi connectivity index (χ1v) is 8.15. The third-order valence-electron chi connectivity index (χ3n) is 4.50. The molecule has 0 saturated heterocycles. The zero-order chi connectivity index (χ0) is 17.4. The van der Waals surface area contributed by atoms with Gasteiger partial charge in [-0.1, -0.05) is 42.5 Å². The molecule has 0 atom stereocenters. The van der Waals surface area contributed by atoms with Crippen molar-refractivity contribution in [1.29, 1.82) is 0 Å². The lowest BCUT2D eigenvalue weighted by Crippen LogP contribution is -2.14. The molecule has 4 aromatic carbocycles. The number of hydrogen-bond donors (Lipinski definition) is 2. The van der Waals surface area contributed by atoms with Crippen molar-refractivity contribution < 1.29 is 9.90 Å². The Hall–Kier alpha value is -3.33. The van der Waals surface area contributed by atoms with E-state index in [2.05, 4.69) is 5.32 Å². The molecule has 4 aromatic rings. The van der Waals surface area contributed by atoms with E-state index in [-0.39, 0.29) is 11.7 Å². The molecule has 25 heavy (non-hydrogen) atoms. The Labute approximate surface area is 145 Å². The second kappa shape index (κ2) is 5.95. The Bertz CT molecular complexity index is 1100. The van der Waals surface area contributed by atoms with Gasteiger partial charge in [0.05, 0.1) is 5.56 Å². The summed E-state index contributed by atoms with van der Waals surface area (Å²) in [5, 5.41) is 17.0.